The van der Waals surface area contributed by atoms with Gasteiger partial charge in [-0.3, -0.25) is 0 Å². The summed E-state index contributed by atoms with van der Waals surface area (Å²) in [6.45, 7) is 10.7. The van der Waals surface area contributed by atoms with Gasteiger partial charge in [-0.2, -0.15) is 0 Å². The van der Waals surface area contributed by atoms with Crippen molar-refractivity contribution in [1.29, 1.82) is 0 Å². The molecule has 1 rings (SSSR count). The SMILES string of the molecule is CCCCC1=C(C(C)(C)C)C(O)C1(C)OC. The summed E-state index contributed by atoms with van der Waals surface area (Å²) in [5.41, 5.74) is 2.10. The van der Waals surface area contributed by atoms with Crippen molar-refractivity contribution in [2.45, 2.75) is 65.6 Å². The summed E-state index contributed by atoms with van der Waals surface area (Å²) in [5, 5.41) is 10.2. The molecule has 1 aliphatic rings. The Kier molecular flexibility index (Phi) is 3.86. The predicted octanol–water partition coefficient (Wildman–Crippen LogP) is 3.30. The number of unbranched alkanes of at least 4 members (excludes halogenated alkanes) is 1. The zero-order valence-corrected chi connectivity index (χ0v) is 11.6. The quantitative estimate of drug-likeness (QED) is 0.745. The summed E-state index contributed by atoms with van der Waals surface area (Å²) in [7, 11) is 1.69. The molecular formula is C14H26O2. The molecule has 1 N–H and O–H groups in total. The maximum Gasteiger partial charge on any atom is 0.116 e. The van der Waals surface area contributed by atoms with Gasteiger partial charge >= 0.3 is 0 Å². The molecule has 0 aromatic carbocycles. The van der Waals surface area contributed by atoms with Crippen LogP contribution in [0.25, 0.3) is 0 Å². The van der Waals surface area contributed by atoms with Crippen LogP contribution in [0.4, 0.5) is 0 Å². The molecule has 16 heavy (non-hydrogen) atoms. The first-order valence-electron chi connectivity index (χ1n) is 6.26. The van der Waals surface area contributed by atoms with Crippen LogP contribution in [-0.2, 0) is 4.74 Å². The van der Waals surface area contributed by atoms with E-state index in [1.54, 1.807) is 7.11 Å². The number of hydrogen-bond acceptors (Lipinski definition) is 2. The Hall–Kier alpha value is -0.340. The van der Waals surface area contributed by atoms with Crippen LogP contribution in [0, 0.1) is 5.41 Å². The van der Waals surface area contributed by atoms with E-state index < -0.39 is 11.7 Å². The van der Waals surface area contributed by atoms with Crippen LogP contribution in [0.1, 0.15) is 53.9 Å². The van der Waals surface area contributed by atoms with Crippen LogP contribution in [0.3, 0.4) is 0 Å². The zero-order valence-electron chi connectivity index (χ0n) is 11.6. The van der Waals surface area contributed by atoms with Gasteiger partial charge in [-0.1, -0.05) is 34.1 Å². The van der Waals surface area contributed by atoms with Crippen molar-refractivity contribution in [1.82, 2.24) is 0 Å². The van der Waals surface area contributed by atoms with Gasteiger partial charge in [-0.05, 0) is 36.3 Å². The number of aliphatic hydroxyl groups excluding tert-OH is 1. The van der Waals surface area contributed by atoms with Crippen molar-refractivity contribution in [3.63, 3.8) is 0 Å². The van der Waals surface area contributed by atoms with Crippen molar-refractivity contribution in [3.8, 4) is 0 Å². The Bertz CT molecular complexity index is 286. The van der Waals surface area contributed by atoms with Gasteiger partial charge in [0.05, 0.1) is 0 Å². The highest BCUT2D eigenvalue weighted by molar-refractivity contribution is 5.45. The summed E-state index contributed by atoms with van der Waals surface area (Å²) in [6, 6.07) is 0. The number of rotatable bonds is 4. The molecule has 94 valence electrons. The fourth-order valence-electron chi connectivity index (χ4n) is 2.63. The van der Waals surface area contributed by atoms with Crippen molar-refractivity contribution in [2.24, 2.45) is 5.41 Å². The first-order chi connectivity index (χ1) is 7.29. The molecule has 0 bridgehead atoms. The molecule has 0 aliphatic heterocycles. The average molecular weight is 226 g/mol. The third-order valence-electron chi connectivity index (χ3n) is 3.73. The van der Waals surface area contributed by atoms with Crippen molar-refractivity contribution in [2.75, 3.05) is 7.11 Å². The van der Waals surface area contributed by atoms with E-state index in [1.165, 1.54) is 24.0 Å². The van der Waals surface area contributed by atoms with Gasteiger partial charge in [0.25, 0.3) is 0 Å². The van der Waals surface area contributed by atoms with Crippen LogP contribution >= 0.6 is 0 Å². The van der Waals surface area contributed by atoms with Gasteiger partial charge in [-0.15, -0.1) is 0 Å². The third-order valence-corrected chi connectivity index (χ3v) is 3.73. The molecule has 0 spiro atoms. The molecule has 2 nitrogen and oxygen atoms in total. The van der Waals surface area contributed by atoms with Crippen molar-refractivity contribution in [3.05, 3.63) is 11.1 Å². The first kappa shape index (κ1) is 13.7. The number of methoxy groups -OCH3 is 1. The van der Waals surface area contributed by atoms with E-state index in [0.29, 0.717) is 0 Å². The Morgan fingerprint density at radius 3 is 2.31 bits per heavy atom. The Morgan fingerprint density at radius 1 is 1.38 bits per heavy atom. The molecular weight excluding hydrogens is 200 g/mol. The third kappa shape index (κ3) is 2.05. The maximum atomic E-state index is 10.2. The summed E-state index contributed by atoms with van der Waals surface area (Å²) in [6.07, 6.45) is 2.95. The molecule has 0 heterocycles. The number of ether oxygens (including phenoxy) is 1. The van der Waals surface area contributed by atoms with Crippen molar-refractivity contribution >= 4 is 0 Å². The lowest BCUT2D eigenvalue weighted by Gasteiger charge is -2.51. The standard InChI is InChI=1S/C14H26O2/c1-7-8-9-10-11(13(2,3)4)12(15)14(10,5)16-6/h12,15H,7-9H2,1-6H3. The molecule has 0 saturated carbocycles. The molecule has 0 aromatic heterocycles. The monoisotopic (exact) mass is 226 g/mol. The Morgan fingerprint density at radius 2 is 1.94 bits per heavy atom. The average Bonchev–Trinajstić information content (AvgIpc) is 2.20. The van der Waals surface area contributed by atoms with Crippen LogP contribution in [0.5, 0.6) is 0 Å². The fourth-order valence-corrected chi connectivity index (χ4v) is 2.63. The minimum atomic E-state index is -0.447. The molecule has 0 aromatic rings. The van der Waals surface area contributed by atoms with Gasteiger partial charge < -0.3 is 9.84 Å². The molecule has 2 heteroatoms. The van der Waals surface area contributed by atoms with Gasteiger partial charge in [0.1, 0.15) is 11.7 Å². The summed E-state index contributed by atoms with van der Waals surface area (Å²) < 4.78 is 5.51. The topological polar surface area (TPSA) is 29.5 Å². The second-order valence-corrected chi connectivity index (χ2v) is 5.96. The summed E-state index contributed by atoms with van der Waals surface area (Å²) >= 11 is 0. The minimum absolute atomic E-state index is 0.0422. The van der Waals surface area contributed by atoms with E-state index in [4.69, 9.17) is 4.74 Å². The first-order valence-corrected chi connectivity index (χ1v) is 6.26. The van der Waals surface area contributed by atoms with Crippen LogP contribution in [0.15, 0.2) is 11.1 Å². The van der Waals surface area contributed by atoms with E-state index in [1.807, 2.05) is 6.92 Å². The molecule has 0 amide bonds. The summed E-state index contributed by atoms with van der Waals surface area (Å²) in [4.78, 5) is 0. The van der Waals surface area contributed by atoms with Gasteiger partial charge in [-0.25, -0.2) is 0 Å². The number of hydrogen-bond donors (Lipinski definition) is 1. The van der Waals surface area contributed by atoms with E-state index >= 15 is 0 Å². The van der Waals surface area contributed by atoms with Gasteiger partial charge in [0.15, 0.2) is 0 Å². The molecule has 0 radical (unpaired) electrons. The lowest BCUT2D eigenvalue weighted by molar-refractivity contribution is -0.0850. The minimum Gasteiger partial charge on any atom is -0.385 e. The molecule has 2 atom stereocenters. The maximum absolute atomic E-state index is 10.2. The fraction of sp³-hybridized carbons (Fsp3) is 0.857. The lowest BCUT2D eigenvalue weighted by atomic mass is 9.61. The molecule has 0 saturated heterocycles. The smallest absolute Gasteiger partial charge is 0.116 e. The van der Waals surface area contributed by atoms with E-state index in [-0.39, 0.29) is 5.41 Å². The predicted molar refractivity (Wildman–Crippen MR) is 67.4 cm³/mol. The van der Waals surface area contributed by atoms with E-state index in [2.05, 4.69) is 27.7 Å². The Balaban J connectivity index is 3.03. The van der Waals surface area contributed by atoms with Gasteiger partial charge in [0.2, 0.25) is 0 Å². The molecule has 0 fully saturated rings. The highest BCUT2D eigenvalue weighted by atomic mass is 16.5. The highest BCUT2D eigenvalue weighted by Crippen LogP contribution is 2.50. The van der Waals surface area contributed by atoms with Crippen LogP contribution in [0.2, 0.25) is 0 Å². The largest absolute Gasteiger partial charge is 0.385 e. The number of aliphatic hydroxyl groups is 1. The molecule has 1 aliphatic carbocycles. The second kappa shape index (κ2) is 4.50. The Labute approximate surface area is 99.7 Å². The van der Waals surface area contributed by atoms with Crippen molar-refractivity contribution < 1.29 is 9.84 Å². The second-order valence-electron chi connectivity index (χ2n) is 5.96. The van der Waals surface area contributed by atoms with E-state index in [0.717, 1.165) is 6.42 Å². The molecule has 2 unspecified atom stereocenters. The van der Waals surface area contributed by atoms with Crippen LogP contribution < -0.4 is 0 Å². The normalized spacial score (nSPS) is 30.6. The van der Waals surface area contributed by atoms with Gasteiger partial charge in [0, 0.05) is 7.11 Å². The lowest BCUT2D eigenvalue weighted by Crippen LogP contribution is -2.56. The summed E-state index contributed by atoms with van der Waals surface area (Å²) in [5.74, 6) is 0. The highest BCUT2D eigenvalue weighted by Gasteiger charge is 2.52. The van der Waals surface area contributed by atoms with Crippen LogP contribution in [-0.4, -0.2) is 23.9 Å². The zero-order chi connectivity index (χ0) is 12.6. The van der Waals surface area contributed by atoms with E-state index in [9.17, 15) is 5.11 Å².